The minimum Gasteiger partial charge on any atom is -0.595 e. The van der Waals surface area contributed by atoms with Gasteiger partial charge < -0.3 is 36.9 Å². The summed E-state index contributed by atoms with van der Waals surface area (Å²) in [6.07, 6.45) is 1.64. The molecule has 5 atom stereocenters. The minimum absolute atomic E-state index is 0.0567. The SMILES string of the molecule is N[C@@H](CCC(=O)N[C@@H](CSC1C=Cc2cccc([NH+]([O-])O)c2C1O)C(=O)NCC(=O)O)C(=O)O. The third kappa shape index (κ3) is 7.51. The maximum atomic E-state index is 12.4. The van der Waals surface area contributed by atoms with Gasteiger partial charge in [0.05, 0.1) is 10.8 Å². The van der Waals surface area contributed by atoms with Crippen LogP contribution in [0.15, 0.2) is 24.3 Å². The monoisotopic (exact) mass is 498 g/mol. The molecule has 3 unspecified atom stereocenters. The van der Waals surface area contributed by atoms with E-state index in [4.69, 9.17) is 15.9 Å². The second-order valence-electron chi connectivity index (χ2n) is 7.43. The number of thioether (sulfide) groups is 1. The molecule has 1 aromatic carbocycles. The quantitative estimate of drug-likeness (QED) is 0.149. The number of aliphatic carboxylic acids is 2. The topological polar surface area (TPSA) is 227 Å². The maximum Gasteiger partial charge on any atom is 0.322 e. The summed E-state index contributed by atoms with van der Waals surface area (Å²) in [4.78, 5) is 46.3. The lowest BCUT2D eigenvalue weighted by Gasteiger charge is -2.29. The van der Waals surface area contributed by atoms with E-state index in [9.17, 15) is 34.7 Å². The van der Waals surface area contributed by atoms with Crippen LogP contribution in [-0.2, 0) is 19.2 Å². The number of aliphatic hydroxyl groups excluding tert-OH is 1. The average molecular weight is 499 g/mol. The third-order valence-corrected chi connectivity index (χ3v) is 6.29. The zero-order valence-corrected chi connectivity index (χ0v) is 18.7. The van der Waals surface area contributed by atoms with Gasteiger partial charge in [-0.05, 0) is 12.0 Å². The molecule has 0 spiro atoms. The van der Waals surface area contributed by atoms with E-state index in [-0.39, 0.29) is 29.8 Å². The second kappa shape index (κ2) is 12.5. The molecule has 0 aromatic heterocycles. The van der Waals surface area contributed by atoms with Crippen LogP contribution in [0, 0.1) is 5.21 Å². The van der Waals surface area contributed by atoms with Crippen molar-refractivity contribution in [3.8, 4) is 0 Å². The second-order valence-corrected chi connectivity index (χ2v) is 8.64. The van der Waals surface area contributed by atoms with Gasteiger partial charge in [-0.1, -0.05) is 24.3 Å². The van der Waals surface area contributed by atoms with Gasteiger partial charge in [-0.15, -0.1) is 11.8 Å². The Kier molecular flexibility index (Phi) is 9.97. The number of benzene rings is 1. The lowest BCUT2D eigenvalue weighted by molar-refractivity contribution is -0.991. The number of hydrogen-bond acceptors (Lipinski definition) is 9. The number of carbonyl (C=O) groups is 4. The summed E-state index contributed by atoms with van der Waals surface area (Å²) in [5.74, 6) is -4.10. The van der Waals surface area contributed by atoms with Crippen molar-refractivity contribution in [1.29, 1.82) is 0 Å². The Morgan fingerprint density at radius 1 is 1.24 bits per heavy atom. The van der Waals surface area contributed by atoms with Crippen LogP contribution < -0.4 is 21.6 Å². The highest BCUT2D eigenvalue weighted by Gasteiger charge is 2.31. The molecular formula is C20H26N4O9S. The molecule has 0 fully saturated rings. The fourth-order valence-electron chi connectivity index (χ4n) is 3.21. The molecule has 0 heterocycles. The van der Waals surface area contributed by atoms with Crippen LogP contribution in [0.25, 0.3) is 6.08 Å². The Bertz CT molecular complexity index is 956. The molecule has 1 aliphatic carbocycles. The summed E-state index contributed by atoms with van der Waals surface area (Å²) in [5, 5.41) is 52.1. The van der Waals surface area contributed by atoms with E-state index >= 15 is 0 Å². The zero-order chi connectivity index (χ0) is 25.4. The number of carbonyl (C=O) groups excluding carboxylic acids is 2. The van der Waals surface area contributed by atoms with Gasteiger partial charge in [0.25, 0.3) is 0 Å². The van der Waals surface area contributed by atoms with Crippen LogP contribution in [0.1, 0.15) is 30.1 Å². The summed E-state index contributed by atoms with van der Waals surface area (Å²) in [6.45, 7) is -0.680. The summed E-state index contributed by atoms with van der Waals surface area (Å²) in [7, 11) is 0. The standard InChI is InChI=1S/C20H26N4O9S/c21-11(20(30)31)5-7-15(25)23-12(19(29)22-8-16(26)27)9-34-14-6-4-10-2-1-3-13(24(32)33)17(10)18(14)28/h1-4,6,11-12,14,18,24,28,32H,5,7-9,21H2,(H,22,29)(H,23,25)(H,26,27)(H,30,31)/t11-,12-,14?,18?/m0/s1. The lowest BCUT2D eigenvalue weighted by Crippen LogP contribution is -2.99. The molecule has 9 N–H and O–H groups in total. The van der Waals surface area contributed by atoms with Crippen LogP contribution in [0.3, 0.4) is 0 Å². The molecule has 0 saturated carbocycles. The van der Waals surface area contributed by atoms with Gasteiger partial charge in [0.1, 0.15) is 24.7 Å². The summed E-state index contributed by atoms with van der Waals surface area (Å²) in [6, 6.07) is 2.13. The molecule has 1 aromatic rings. The van der Waals surface area contributed by atoms with Gasteiger partial charge in [-0.25, -0.2) is 5.21 Å². The number of rotatable bonds is 12. The molecule has 2 rings (SSSR count). The smallest absolute Gasteiger partial charge is 0.322 e. The molecule has 2 amide bonds. The number of fused-ring (bicyclic) bond motifs is 1. The number of aliphatic hydroxyl groups is 1. The van der Waals surface area contributed by atoms with Crippen molar-refractivity contribution in [1.82, 2.24) is 10.6 Å². The van der Waals surface area contributed by atoms with Crippen molar-refractivity contribution in [2.75, 3.05) is 12.3 Å². The summed E-state index contributed by atoms with van der Waals surface area (Å²) in [5.41, 5.74) is 6.09. The highest BCUT2D eigenvalue weighted by atomic mass is 32.2. The Labute approximate surface area is 198 Å². The lowest BCUT2D eigenvalue weighted by atomic mass is 9.93. The number of quaternary nitrogens is 1. The van der Waals surface area contributed by atoms with Crippen LogP contribution >= 0.6 is 11.8 Å². The Balaban J connectivity index is 2.09. The summed E-state index contributed by atoms with van der Waals surface area (Å²) < 4.78 is 0. The molecule has 1 aliphatic rings. The Morgan fingerprint density at radius 3 is 2.56 bits per heavy atom. The van der Waals surface area contributed by atoms with E-state index in [0.29, 0.717) is 5.56 Å². The van der Waals surface area contributed by atoms with E-state index in [1.165, 1.54) is 6.07 Å². The first kappa shape index (κ1) is 27.2. The predicted molar refractivity (Wildman–Crippen MR) is 120 cm³/mol. The van der Waals surface area contributed by atoms with E-state index in [1.54, 1.807) is 24.3 Å². The van der Waals surface area contributed by atoms with E-state index in [2.05, 4.69) is 10.6 Å². The molecule has 186 valence electrons. The predicted octanol–water partition coefficient (Wildman–Crippen LogP) is -1.87. The van der Waals surface area contributed by atoms with Crippen molar-refractivity contribution in [2.24, 2.45) is 5.73 Å². The first-order valence-corrected chi connectivity index (χ1v) is 11.2. The van der Waals surface area contributed by atoms with Gasteiger partial charge in [-0.2, -0.15) is 5.23 Å². The van der Waals surface area contributed by atoms with Crippen LogP contribution in [-0.4, -0.2) is 73.9 Å². The number of nitrogens with one attached hydrogen (secondary N) is 3. The highest BCUT2D eigenvalue weighted by molar-refractivity contribution is 8.00. The van der Waals surface area contributed by atoms with Crippen molar-refractivity contribution in [3.63, 3.8) is 0 Å². The average Bonchev–Trinajstić information content (AvgIpc) is 2.78. The molecule has 0 aliphatic heterocycles. The number of hydrogen-bond donors (Lipinski definition) is 8. The molecule has 14 heteroatoms. The van der Waals surface area contributed by atoms with E-state index in [0.717, 1.165) is 11.8 Å². The largest absolute Gasteiger partial charge is 0.595 e. The van der Waals surface area contributed by atoms with Gasteiger partial charge >= 0.3 is 11.9 Å². The Hall–Kier alpha value is -3.01. The van der Waals surface area contributed by atoms with Crippen LogP contribution in [0.5, 0.6) is 0 Å². The van der Waals surface area contributed by atoms with Crippen molar-refractivity contribution in [3.05, 3.63) is 40.6 Å². The fraction of sp³-hybridized carbons (Fsp3) is 0.400. The van der Waals surface area contributed by atoms with Crippen LogP contribution in [0.2, 0.25) is 0 Å². The number of carboxylic acids is 2. The highest BCUT2D eigenvalue weighted by Crippen LogP contribution is 2.37. The molecule has 0 bridgehead atoms. The number of carboxylic acid groups (broad SMARTS) is 2. The number of amides is 2. The van der Waals surface area contributed by atoms with Crippen molar-refractivity contribution in [2.45, 2.75) is 36.3 Å². The van der Waals surface area contributed by atoms with Gasteiger partial charge in [0.15, 0.2) is 5.69 Å². The Morgan fingerprint density at radius 2 is 1.94 bits per heavy atom. The first-order valence-electron chi connectivity index (χ1n) is 10.1. The summed E-state index contributed by atoms with van der Waals surface area (Å²) >= 11 is 1.06. The first-order chi connectivity index (χ1) is 16.0. The van der Waals surface area contributed by atoms with Gasteiger partial charge in [-0.3, -0.25) is 19.2 Å². The molecule has 0 saturated heterocycles. The number of nitrogens with two attached hydrogens (primary N) is 1. The van der Waals surface area contributed by atoms with E-state index in [1.807, 2.05) is 0 Å². The normalized spacial score (nSPS) is 19.4. The minimum atomic E-state index is -1.29. The zero-order valence-electron chi connectivity index (χ0n) is 17.8. The van der Waals surface area contributed by atoms with Crippen molar-refractivity contribution >= 4 is 47.3 Å². The molecule has 34 heavy (non-hydrogen) atoms. The fourth-order valence-corrected chi connectivity index (χ4v) is 4.37. The van der Waals surface area contributed by atoms with Gasteiger partial charge in [0, 0.05) is 18.2 Å². The molecule has 0 radical (unpaired) electrons. The molecular weight excluding hydrogens is 472 g/mol. The third-order valence-electron chi connectivity index (χ3n) is 4.96. The maximum absolute atomic E-state index is 12.4. The van der Waals surface area contributed by atoms with Crippen LogP contribution in [0.4, 0.5) is 5.69 Å². The van der Waals surface area contributed by atoms with E-state index < -0.39 is 59.0 Å². The van der Waals surface area contributed by atoms with Crippen molar-refractivity contribution < 1.29 is 44.9 Å². The molecule has 13 nitrogen and oxygen atoms in total. The van der Waals surface area contributed by atoms with Gasteiger partial charge in [0.2, 0.25) is 11.8 Å².